The number of fused-ring (bicyclic) bond motifs is 2. The normalized spacial score (nSPS) is 41.7. The van der Waals surface area contributed by atoms with Crippen molar-refractivity contribution in [2.45, 2.75) is 69.6 Å². The quantitative estimate of drug-likeness (QED) is 0.820. The lowest BCUT2D eigenvalue weighted by Crippen LogP contribution is -2.53. The number of likely N-dealkylation sites (N-methyl/N-ethyl adjacent to an activating group) is 1. The van der Waals surface area contributed by atoms with E-state index < -0.39 is 0 Å². The number of piperidine rings is 1. The van der Waals surface area contributed by atoms with E-state index in [4.69, 9.17) is 0 Å². The van der Waals surface area contributed by atoms with Gasteiger partial charge in [0, 0.05) is 30.7 Å². The van der Waals surface area contributed by atoms with Gasteiger partial charge in [0.15, 0.2) is 0 Å². The number of hydrogen-bond donors (Lipinski definition) is 1. The molecule has 0 aromatic carbocycles. The van der Waals surface area contributed by atoms with E-state index in [1.165, 1.54) is 58.2 Å². The third-order valence-corrected chi connectivity index (χ3v) is 5.26. The highest BCUT2D eigenvalue weighted by molar-refractivity contribution is 5.01. The predicted octanol–water partition coefficient (Wildman–Crippen LogP) is 1.69. The molecule has 3 rings (SSSR count). The molecule has 18 heavy (non-hydrogen) atoms. The van der Waals surface area contributed by atoms with Gasteiger partial charge in [-0.05, 0) is 58.7 Å². The van der Waals surface area contributed by atoms with Crippen molar-refractivity contribution in [3.63, 3.8) is 0 Å². The summed E-state index contributed by atoms with van der Waals surface area (Å²) in [7, 11) is 2.28. The van der Waals surface area contributed by atoms with Gasteiger partial charge in [-0.15, -0.1) is 0 Å². The van der Waals surface area contributed by atoms with Crippen LogP contribution in [-0.2, 0) is 0 Å². The molecule has 0 amide bonds. The van der Waals surface area contributed by atoms with E-state index in [2.05, 4.69) is 29.1 Å². The van der Waals surface area contributed by atoms with Crippen molar-refractivity contribution >= 4 is 0 Å². The first-order valence-electron chi connectivity index (χ1n) is 7.97. The second-order valence-corrected chi connectivity index (χ2v) is 6.66. The Bertz CT molecular complexity index is 267. The van der Waals surface area contributed by atoms with Crippen LogP contribution in [0.15, 0.2) is 0 Å². The van der Waals surface area contributed by atoms with E-state index in [1.807, 2.05) is 0 Å². The zero-order valence-electron chi connectivity index (χ0n) is 12.1. The summed E-state index contributed by atoms with van der Waals surface area (Å²) in [5.41, 5.74) is 0. The van der Waals surface area contributed by atoms with Gasteiger partial charge in [0.05, 0.1) is 0 Å². The molecule has 3 heteroatoms. The average molecular weight is 251 g/mol. The third-order valence-electron chi connectivity index (χ3n) is 5.26. The summed E-state index contributed by atoms with van der Waals surface area (Å²) in [6.45, 7) is 6.08. The average Bonchev–Trinajstić information content (AvgIpc) is 2.88. The molecule has 0 aromatic rings. The number of rotatable bonds is 4. The molecule has 3 aliphatic rings. The standard InChI is InChI=1S/C15H29N3/c1-3-7-16-12-9-13-4-5-14(10-12)18(13)15-6-8-17(2)11-15/h12-16H,3-11H2,1-2H3. The van der Waals surface area contributed by atoms with Crippen LogP contribution in [0, 0.1) is 0 Å². The van der Waals surface area contributed by atoms with Crippen molar-refractivity contribution in [1.82, 2.24) is 15.1 Å². The Kier molecular flexibility index (Phi) is 3.92. The van der Waals surface area contributed by atoms with Gasteiger partial charge in [-0.1, -0.05) is 6.92 Å². The van der Waals surface area contributed by atoms with E-state index >= 15 is 0 Å². The van der Waals surface area contributed by atoms with Crippen molar-refractivity contribution in [3.05, 3.63) is 0 Å². The van der Waals surface area contributed by atoms with Crippen molar-refractivity contribution in [2.75, 3.05) is 26.7 Å². The van der Waals surface area contributed by atoms with Crippen molar-refractivity contribution in [3.8, 4) is 0 Å². The van der Waals surface area contributed by atoms with Gasteiger partial charge >= 0.3 is 0 Å². The van der Waals surface area contributed by atoms with Gasteiger partial charge in [-0.3, -0.25) is 4.90 Å². The number of nitrogens with one attached hydrogen (secondary N) is 1. The highest BCUT2D eigenvalue weighted by atomic mass is 15.3. The fourth-order valence-corrected chi connectivity index (χ4v) is 4.48. The lowest BCUT2D eigenvalue weighted by molar-refractivity contribution is 0.0738. The fourth-order valence-electron chi connectivity index (χ4n) is 4.48. The largest absolute Gasteiger partial charge is 0.314 e. The van der Waals surface area contributed by atoms with Crippen molar-refractivity contribution in [2.24, 2.45) is 0 Å². The molecular formula is C15H29N3. The molecule has 3 nitrogen and oxygen atoms in total. The molecule has 1 N–H and O–H groups in total. The molecule has 3 fully saturated rings. The minimum Gasteiger partial charge on any atom is -0.314 e. The highest BCUT2D eigenvalue weighted by Gasteiger charge is 2.44. The van der Waals surface area contributed by atoms with Crippen LogP contribution < -0.4 is 5.32 Å². The summed E-state index contributed by atoms with van der Waals surface area (Å²) in [5, 5.41) is 3.75. The molecule has 0 aromatic heterocycles. The third kappa shape index (κ3) is 2.45. The van der Waals surface area contributed by atoms with Crippen LogP contribution in [0.5, 0.6) is 0 Å². The van der Waals surface area contributed by atoms with Crippen LogP contribution in [0.2, 0.25) is 0 Å². The molecule has 104 valence electrons. The maximum absolute atomic E-state index is 3.75. The molecule has 0 radical (unpaired) electrons. The lowest BCUT2D eigenvalue weighted by atomic mass is 9.95. The SMILES string of the molecule is CCCNC1CC2CCC(C1)N2C1CCN(C)C1. The Morgan fingerprint density at radius 3 is 2.33 bits per heavy atom. The van der Waals surface area contributed by atoms with Crippen molar-refractivity contribution in [1.29, 1.82) is 0 Å². The zero-order valence-corrected chi connectivity index (χ0v) is 12.1. The smallest absolute Gasteiger partial charge is 0.0241 e. The molecule has 3 atom stereocenters. The maximum atomic E-state index is 3.75. The lowest BCUT2D eigenvalue weighted by Gasteiger charge is -2.42. The molecule has 3 saturated heterocycles. The monoisotopic (exact) mass is 251 g/mol. The first kappa shape index (κ1) is 12.9. The Morgan fingerprint density at radius 2 is 1.78 bits per heavy atom. The molecule has 0 spiro atoms. The van der Waals surface area contributed by atoms with Crippen LogP contribution in [-0.4, -0.2) is 60.6 Å². The Balaban J connectivity index is 1.59. The summed E-state index contributed by atoms with van der Waals surface area (Å²) < 4.78 is 0. The number of likely N-dealkylation sites (tertiary alicyclic amines) is 1. The fraction of sp³-hybridized carbons (Fsp3) is 1.00. The van der Waals surface area contributed by atoms with E-state index in [9.17, 15) is 0 Å². The van der Waals surface area contributed by atoms with Crippen LogP contribution >= 0.6 is 0 Å². The Hall–Kier alpha value is -0.120. The number of hydrogen-bond acceptors (Lipinski definition) is 3. The minimum atomic E-state index is 0.804. The van der Waals surface area contributed by atoms with E-state index in [-0.39, 0.29) is 0 Å². The summed E-state index contributed by atoms with van der Waals surface area (Å²) >= 11 is 0. The second-order valence-electron chi connectivity index (χ2n) is 6.66. The topological polar surface area (TPSA) is 18.5 Å². The molecule has 0 saturated carbocycles. The minimum absolute atomic E-state index is 0.804. The van der Waals surface area contributed by atoms with Gasteiger partial charge < -0.3 is 10.2 Å². The predicted molar refractivity (Wildman–Crippen MR) is 75.9 cm³/mol. The van der Waals surface area contributed by atoms with Crippen LogP contribution in [0.1, 0.15) is 45.4 Å². The van der Waals surface area contributed by atoms with Gasteiger partial charge in [-0.25, -0.2) is 0 Å². The van der Waals surface area contributed by atoms with Crippen LogP contribution in [0.25, 0.3) is 0 Å². The van der Waals surface area contributed by atoms with Gasteiger partial charge in [0.25, 0.3) is 0 Å². The molecule has 2 bridgehead atoms. The van der Waals surface area contributed by atoms with Crippen LogP contribution in [0.4, 0.5) is 0 Å². The second kappa shape index (κ2) is 5.48. The van der Waals surface area contributed by atoms with E-state index in [0.717, 1.165) is 24.2 Å². The molecule has 3 heterocycles. The van der Waals surface area contributed by atoms with Gasteiger partial charge in [0.1, 0.15) is 0 Å². The Morgan fingerprint density at radius 1 is 1.06 bits per heavy atom. The summed E-state index contributed by atoms with van der Waals surface area (Å²) in [5.74, 6) is 0. The molecule has 3 unspecified atom stereocenters. The van der Waals surface area contributed by atoms with Gasteiger partial charge in [0.2, 0.25) is 0 Å². The molecule has 3 aliphatic heterocycles. The summed E-state index contributed by atoms with van der Waals surface area (Å²) in [6, 6.07) is 3.43. The van der Waals surface area contributed by atoms with E-state index in [1.54, 1.807) is 0 Å². The summed E-state index contributed by atoms with van der Waals surface area (Å²) in [6.07, 6.45) is 8.37. The first-order valence-corrected chi connectivity index (χ1v) is 7.97. The van der Waals surface area contributed by atoms with E-state index in [0.29, 0.717) is 0 Å². The number of nitrogens with zero attached hydrogens (tertiary/aromatic N) is 2. The van der Waals surface area contributed by atoms with Crippen molar-refractivity contribution < 1.29 is 0 Å². The maximum Gasteiger partial charge on any atom is 0.0241 e. The Labute approximate surface area is 112 Å². The van der Waals surface area contributed by atoms with Gasteiger partial charge in [-0.2, -0.15) is 0 Å². The highest BCUT2D eigenvalue weighted by Crippen LogP contribution is 2.38. The zero-order chi connectivity index (χ0) is 12.5. The molecular weight excluding hydrogens is 222 g/mol. The first-order chi connectivity index (χ1) is 8.78. The summed E-state index contributed by atoms with van der Waals surface area (Å²) in [4.78, 5) is 5.42. The molecule has 0 aliphatic carbocycles. The van der Waals surface area contributed by atoms with Crippen LogP contribution in [0.3, 0.4) is 0 Å².